The first-order chi connectivity index (χ1) is 11.9. The second-order valence-electron chi connectivity index (χ2n) is 5.77. The van der Waals surface area contributed by atoms with Gasteiger partial charge in [-0.2, -0.15) is 0 Å². The van der Waals surface area contributed by atoms with Crippen molar-refractivity contribution in [2.75, 3.05) is 5.32 Å². The molecular formula is C18H15ClN2O4. The van der Waals surface area contributed by atoms with E-state index in [0.717, 1.165) is 16.5 Å². The number of benzene rings is 2. The summed E-state index contributed by atoms with van der Waals surface area (Å²) in [6.45, 7) is 3.76. The normalized spacial score (nSPS) is 10.8. The van der Waals surface area contributed by atoms with Crippen molar-refractivity contribution in [3.8, 4) is 0 Å². The third-order valence-corrected chi connectivity index (χ3v) is 4.60. The van der Waals surface area contributed by atoms with Crippen LogP contribution >= 0.6 is 11.6 Å². The van der Waals surface area contributed by atoms with Crippen molar-refractivity contribution in [3.63, 3.8) is 0 Å². The van der Waals surface area contributed by atoms with Gasteiger partial charge in [0.1, 0.15) is 11.3 Å². The number of nitrogens with one attached hydrogen (secondary N) is 1. The molecule has 0 saturated heterocycles. The molecule has 0 saturated carbocycles. The fourth-order valence-corrected chi connectivity index (χ4v) is 2.99. The minimum Gasteiger partial charge on any atom is -0.464 e. The van der Waals surface area contributed by atoms with Crippen molar-refractivity contribution in [3.05, 3.63) is 68.4 Å². The molecule has 3 aromatic rings. The molecule has 0 fully saturated rings. The largest absolute Gasteiger partial charge is 0.464 e. The predicted octanol–water partition coefficient (Wildman–Crippen LogP) is 4.79. The van der Waals surface area contributed by atoms with E-state index in [1.54, 1.807) is 12.1 Å². The van der Waals surface area contributed by atoms with E-state index in [9.17, 15) is 14.9 Å². The van der Waals surface area contributed by atoms with E-state index in [1.807, 2.05) is 19.9 Å². The lowest BCUT2D eigenvalue weighted by Crippen LogP contribution is -2.15. The van der Waals surface area contributed by atoms with Gasteiger partial charge in [0.05, 0.1) is 17.6 Å². The van der Waals surface area contributed by atoms with Crippen molar-refractivity contribution < 1.29 is 14.1 Å². The van der Waals surface area contributed by atoms with E-state index >= 15 is 0 Å². The second-order valence-corrected chi connectivity index (χ2v) is 6.14. The highest BCUT2D eigenvalue weighted by atomic mass is 35.5. The standard InChI is InChI=1S/C18H15ClN2O4/c1-10-7-15-17(11(2)18(10)19)12(9-25-15)8-16(22)20-13-5-3-4-6-14(13)21(23)24/h3-7,9H,8H2,1-2H3,(H,20,22). The Morgan fingerprint density at radius 1 is 1.32 bits per heavy atom. The number of halogens is 1. The highest BCUT2D eigenvalue weighted by Gasteiger charge is 2.18. The lowest BCUT2D eigenvalue weighted by atomic mass is 10.0. The first kappa shape index (κ1) is 17.0. The zero-order valence-corrected chi connectivity index (χ0v) is 14.4. The third kappa shape index (κ3) is 3.21. The van der Waals surface area contributed by atoms with E-state index < -0.39 is 4.92 Å². The van der Waals surface area contributed by atoms with Gasteiger partial charge in [-0.25, -0.2) is 0 Å². The van der Waals surface area contributed by atoms with Crippen LogP contribution in [-0.2, 0) is 11.2 Å². The summed E-state index contributed by atoms with van der Waals surface area (Å²) >= 11 is 6.29. The molecule has 6 nitrogen and oxygen atoms in total. The third-order valence-electron chi connectivity index (χ3n) is 4.02. The van der Waals surface area contributed by atoms with Crippen LogP contribution in [0.3, 0.4) is 0 Å². The predicted molar refractivity (Wildman–Crippen MR) is 96.1 cm³/mol. The van der Waals surface area contributed by atoms with Crippen molar-refractivity contribution in [2.24, 2.45) is 0 Å². The van der Waals surface area contributed by atoms with Crippen LogP contribution in [0.2, 0.25) is 5.02 Å². The van der Waals surface area contributed by atoms with Gasteiger partial charge in [0.15, 0.2) is 0 Å². The number of fused-ring (bicyclic) bond motifs is 1. The molecule has 0 spiro atoms. The van der Waals surface area contributed by atoms with Crippen molar-refractivity contribution in [1.29, 1.82) is 0 Å². The summed E-state index contributed by atoms with van der Waals surface area (Å²) in [5.41, 5.74) is 3.10. The summed E-state index contributed by atoms with van der Waals surface area (Å²) in [6.07, 6.45) is 1.55. The average molecular weight is 359 g/mol. The van der Waals surface area contributed by atoms with E-state index in [0.29, 0.717) is 16.2 Å². The quantitative estimate of drug-likeness (QED) is 0.536. The maximum absolute atomic E-state index is 12.4. The summed E-state index contributed by atoms with van der Waals surface area (Å²) in [4.78, 5) is 22.9. The zero-order chi connectivity index (χ0) is 18.1. The van der Waals surface area contributed by atoms with Crippen LogP contribution in [0.25, 0.3) is 11.0 Å². The van der Waals surface area contributed by atoms with Crippen LogP contribution in [0.4, 0.5) is 11.4 Å². The molecule has 0 radical (unpaired) electrons. The highest BCUT2D eigenvalue weighted by Crippen LogP contribution is 2.33. The number of para-hydroxylation sites is 2. The SMILES string of the molecule is Cc1cc2occ(CC(=O)Nc3ccccc3[N+](=O)[O-])c2c(C)c1Cl. The topological polar surface area (TPSA) is 85.4 Å². The maximum atomic E-state index is 12.4. The summed E-state index contributed by atoms with van der Waals surface area (Å²) in [5.74, 6) is -0.368. The van der Waals surface area contributed by atoms with Crippen molar-refractivity contribution in [1.82, 2.24) is 0 Å². The van der Waals surface area contributed by atoms with E-state index in [2.05, 4.69) is 5.32 Å². The van der Waals surface area contributed by atoms with Gasteiger partial charge >= 0.3 is 0 Å². The van der Waals surface area contributed by atoms with Gasteiger partial charge < -0.3 is 9.73 Å². The lowest BCUT2D eigenvalue weighted by Gasteiger charge is -2.07. The fourth-order valence-electron chi connectivity index (χ4n) is 2.84. The van der Waals surface area contributed by atoms with Gasteiger partial charge in [-0.05, 0) is 37.1 Å². The Morgan fingerprint density at radius 2 is 2.04 bits per heavy atom. The van der Waals surface area contributed by atoms with Crippen LogP contribution < -0.4 is 5.32 Å². The van der Waals surface area contributed by atoms with E-state index in [1.165, 1.54) is 18.4 Å². The molecule has 1 aromatic heterocycles. The highest BCUT2D eigenvalue weighted by molar-refractivity contribution is 6.33. The number of carbonyl (C=O) groups excluding carboxylic acids is 1. The Hall–Kier alpha value is -2.86. The van der Waals surface area contributed by atoms with Gasteiger partial charge in [0.2, 0.25) is 5.91 Å². The molecule has 3 rings (SSSR count). The molecule has 0 aliphatic rings. The van der Waals surface area contributed by atoms with Crippen molar-refractivity contribution in [2.45, 2.75) is 20.3 Å². The van der Waals surface area contributed by atoms with Crippen LogP contribution in [0, 0.1) is 24.0 Å². The van der Waals surface area contributed by atoms with E-state index in [4.69, 9.17) is 16.0 Å². The van der Waals surface area contributed by atoms with Crippen LogP contribution in [0.15, 0.2) is 41.0 Å². The molecule has 0 bridgehead atoms. The summed E-state index contributed by atoms with van der Waals surface area (Å²) in [7, 11) is 0. The molecule has 25 heavy (non-hydrogen) atoms. The molecule has 0 unspecified atom stereocenters. The summed E-state index contributed by atoms with van der Waals surface area (Å²) < 4.78 is 5.53. The molecule has 1 amide bonds. The molecule has 0 aliphatic carbocycles. The second kappa shape index (κ2) is 6.57. The maximum Gasteiger partial charge on any atom is 0.292 e. The lowest BCUT2D eigenvalue weighted by molar-refractivity contribution is -0.383. The first-order valence-corrected chi connectivity index (χ1v) is 7.95. The number of nitrogens with zero attached hydrogens (tertiary/aromatic N) is 1. The molecule has 7 heteroatoms. The van der Waals surface area contributed by atoms with Crippen LogP contribution in [0.5, 0.6) is 0 Å². The molecule has 2 aromatic carbocycles. The number of furan rings is 1. The number of hydrogen-bond acceptors (Lipinski definition) is 4. The Balaban J connectivity index is 1.89. The average Bonchev–Trinajstić information content (AvgIpc) is 2.95. The molecule has 1 heterocycles. The smallest absolute Gasteiger partial charge is 0.292 e. The minimum absolute atomic E-state index is 0.0271. The Morgan fingerprint density at radius 3 is 2.76 bits per heavy atom. The van der Waals surface area contributed by atoms with Crippen LogP contribution in [0.1, 0.15) is 16.7 Å². The number of aryl methyl sites for hydroxylation is 2. The number of carbonyl (C=O) groups is 1. The number of nitro benzene ring substituents is 1. The van der Waals surface area contributed by atoms with Gasteiger partial charge in [-0.1, -0.05) is 23.7 Å². The van der Waals surface area contributed by atoms with Crippen molar-refractivity contribution >= 4 is 39.9 Å². The molecule has 1 N–H and O–H groups in total. The van der Waals surface area contributed by atoms with Crippen LogP contribution in [-0.4, -0.2) is 10.8 Å². The summed E-state index contributed by atoms with van der Waals surface area (Å²) in [6, 6.07) is 7.84. The van der Waals surface area contributed by atoms with Gasteiger partial charge in [-0.3, -0.25) is 14.9 Å². The molecule has 0 atom stereocenters. The Bertz CT molecular complexity index is 994. The minimum atomic E-state index is -0.532. The molecule has 128 valence electrons. The Labute approximate surface area is 148 Å². The summed E-state index contributed by atoms with van der Waals surface area (Å²) in [5, 5.41) is 15.1. The number of rotatable bonds is 4. The van der Waals surface area contributed by atoms with E-state index in [-0.39, 0.29) is 23.7 Å². The Kier molecular flexibility index (Phi) is 4.46. The first-order valence-electron chi connectivity index (χ1n) is 7.57. The number of hydrogen-bond donors (Lipinski definition) is 1. The van der Waals surface area contributed by atoms with Gasteiger partial charge in [0, 0.05) is 22.0 Å². The zero-order valence-electron chi connectivity index (χ0n) is 13.6. The number of amides is 1. The molecular weight excluding hydrogens is 344 g/mol. The fraction of sp³-hybridized carbons (Fsp3) is 0.167. The van der Waals surface area contributed by atoms with Gasteiger partial charge in [0.25, 0.3) is 5.69 Å². The van der Waals surface area contributed by atoms with Gasteiger partial charge in [-0.15, -0.1) is 0 Å². The number of anilines is 1. The molecule has 0 aliphatic heterocycles. The monoisotopic (exact) mass is 358 g/mol. The number of nitro groups is 1.